The van der Waals surface area contributed by atoms with Crippen molar-refractivity contribution in [3.63, 3.8) is 0 Å². The van der Waals surface area contributed by atoms with Crippen LogP contribution in [-0.4, -0.2) is 16.1 Å². The van der Waals surface area contributed by atoms with Crippen LogP contribution >= 0.6 is 11.6 Å². The average Bonchev–Trinajstić information content (AvgIpc) is 2.85. The lowest BCUT2D eigenvalue weighted by Gasteiger charge is -2.06. The van der Waals surface area contributed by atoms with E-state index >= 15 is 0 Å². The van der Waals surface area contributed by atoms with Crippen LogP contribution < -0.4 is 0 Å². The van der Waals surface area contributed by atoms with Gasteiger partial charge in [0.05, 0.1) is 12.1 Å². The first kappa shape index (κ1) is 15.6. The second kappa shape index (κ2) is 6.09. The second-order valence-electron chi connectivity index (χ2n) is 5.98. The van der Waals surface area contributed by atoms with E-state index in [9.17, 15) is 9.90 Å². The molecule has 0 spiro atoms. The molecule has 4 heteroatoms. The summed E-state index contributed by atoms with van der Waals surface area (Å²) >= 11 is 6.10. The van der Waals surface area contributed by atoms with E-state index in [1.165, 1.54) is 5.56 Å². The normalized spacial score (nSPS) is 11.3. The summed E-state index contributed by atoms with van der Waals surface area (Å²) in [6.45, 7) is 4.26. The Morgan fingerprint density at radius 2 is 1.96 bits per heavy atom. The number of para-hydroxylation sites is 1. The molecule has 23 heavy (non-hydrogen) atoms. The molecule has 3 rings (SSSR count). The summed E-state index contributed by atoms with van der Waals surface area (Å²) in [4.78, 5) is 14.8. The van der Waals surface area contributed by atoms with E-state index in [2.05, 4.69) is 24.9 Å². The number of carboxylic acid groups (broad SMARTS) is 1. The van der Waals surface area contributed by atoms with Crippen molar-refractivity contribution in [1.29, 1.82) is 0 Å². The first-order valence-electron chi connectivity index (χ1n) is 7.58. The van der Waals surface area contributed by atoms with Gasteiger partial charge >= 0.3 is 5.97 Å². The predicted molar refractivity (Wildman–Crippen MR) is 94.2 cm³/mol. The number of halogens is 1. The summed E-state index contributed by atoms with van der Waals surface area (Å²) in [5, 5.41) is 10.9. The third-order valence-electron chi connectivity index (χ3n) is 4.04. The summed E-state index contributed by atoms with van der Waals surface area (Å²) in [6.07, 6.45) is -0.0244. The highest BCUT2D eigenvalue weighted by atomic mass is 35.5. The number of H-pyrrole nitrogens is 1. The molecule has 118 valence electrons. The average molecular weight is 328 g/mol. The highest BCUT2D eigenvalue weighted by molar-refractivity contribution is 6.30. The number of rotatable bonds is 4. The minimum atomic E-state index is -0.843. The Hall–Kier alpha value is -2.26. The third-order valence-corrected chi connectivity index (χ3v) is 4.27. The van der Waals surface area contributed by atoms with E-state index in [1.807, 2.05) is 36.4 Å². The van der Waals surface area contributed by atoms with Gasteiger partial charge in [-0.15, -0.1) is 0 Å². The summed E-state index contributed by atoms with van der Waals surface area (Å²) in [7, 11) is 0. The lowest BCUT2D eigenvalue weighted by molar-refractivity contribution is -0.136. The molecule has 0 aliphatic carbocycles. The third kappa shape index (κ3) is 2.97. The Bertz CT molecular complexity index is 880. The second-order valence-corrected chi connectivity index (χ2v) is 6.42. The fraction of sp³-hybridized carbons (Fsp3) is 0.211. The van der Waals surface area contributed by atoms with Crippen LogP contribution in [0.3, 0.4) is 0 Å². The molecule has 0 saturated carbocycles. The highest BCUT2D eigenvalue weighted by Gasteiger charge is 2.18. The van der Waals surface area contributed by atoms with Gasteiger partial charge in [0.1, 0.15) is 0 Å². The lowest BCUT2D eigenvalue weighted by Crippen LogP contribution is -2.01. The Labute approximate surface area is 139 Å². The number of benzene rings is 2. The van der Waals surface area contributed by atoms with Gasteiger partial charge in [0.25, 0.3) is 0 Å². The van der Waals surface area contributed by atoms with Crippen LogP contribution in [-0.2, 0) is 11.2 Å². The minimum absolute atomic E-state index is 0.0244. The van der Waals surface area contributed by atoms with E-state index in [-0.39, 0.29) is 6.42 Å². The first-order chi connectivity index (χ1) is 11.0. The van der Waals surface area contributed by atoms with Gasteiger partial charge < -0.3 is 10.1 Å². The standard InChI is InChI=1S/C19H18ClNO2/c1-11(2)14-7-4-8-15-16(10-17(22)23)18(21-19(14)15)12-5-3-6-13(20)9-12/h3-9,11,21H,10H2,1-2H3,(H,22,23). The molecule has 3 aromatic rings. The zero-order valence-electron chi connectivity index (χ0n) is 13.1. The van der Waals surface area contributed by atoms with Crippen molar-refractivity contribution < 1.29 is 9.90 Å². The van der Waals surface area contributed by atoms with Crippen molar-refractivity contribution in [1.82, 2.24) is 4.98 Å². The molecule has 0 fully saturated rings. The number of nitrogens with one attached hydrogen (secondary N) is 1. The summed E-state index contributed by atoms with van der Waals surface area (Å²) in [6, 6.07) is 13.5. The maximum absolute atomic E-state index is 11.3. The highest BCUT2D eigenvalue weighted by Crippen LogP contribution is 2.35. The van der Waals surface area contributed by atoms with Crippen LogP contribution in [0.1, 0.15) is 30.9 Å². The van der Waals surface area contributed by atoms with Crippen molar-refractivity contribution >= 4 is 28.5 Å². The number of carboxylic acids is 1. The number of aromatic nitrogens is 1. The fourth-order valence-corrected chi connectivity index (χ4v) is 3.19. The molecule has 2 aromatic carbocycles. The van der Waals surface area contributed by atoms with Crippen molar-refractivity contribution in [3.8, 4) is 11.3 Å². The Morgan fingerprint density at radius 1 is 1.22 bits per heavy atom. The maximum atomic E-state index is 11.3. The van der Waals surface area contributed by atoms with E-state index < -0.39 is 5.97 Å². The molecule has 0 atom stereocenters. The van der Waals surface area contributed by atoms with Crippen LogP contribution in [0.25, 0.3) is 22.2 Å². The molecule has 0 aliphatic heterocycles. The van der Waals surface area contributed by atoms with Gasteiger partial charge in [-0.25, -0.2) is 0 Å². The van der Waals surface area contributed by atoms with Crippen LogP contribution in [0.2, 0.25) is 5.02 Å². The predicted octanol–water partition coefficient (Wildman–Crippen LogP) is 5.24. The zero-order chi connectivity index (χ0) is 16.6. The minimum Gasteiger partial charge on any atom is -0.481 e. The molecule has 0 aliphatic rings. The Kier molecular flexibility index (Phi) is 4.14. The van der Waals surface area contributed by atoms with Crippen molar-refractivity contribution in [2.45, 2.75) is 26.2 Å². The van der Waals surface area contributed by atoms with Crippen LogP contribution in [0.5, 0.6) is 0 Å². The van der Waals surface area contributed by atoms with Gasteiger partial charge in [0, 0.05) is 15.9 Å². The van der Waals surface area contributed by atoms with Crippen LogP contribution in [0, 0.1) is 0 Å². The summed E-state index contributed by atoms with van der Waals surface area (Å²) in [5.74, 6) is -0.494. The van der Waals surface area contributed by atoms with E-state index in [4.69, 9.17) is 11.6 Å². The van der Waals surface area contributed by atoms with E-state index in [0.717, 1.165) is 27.7 Å². The summed E-state index contributed by atoms with van der Waals surface area (Å²) in [5.41, 5.74) is 4.73. The van der Waals surface area contributed by atoms with Crippen LogP contribution in [0.15, 0.2) is 42.5 Å². The van der Waals surface area contributed by atoms with Crippen molar-refractivity contribution in [2.24, 2.45) is 0 Å². The topological polar surface area (TPSA) is 53.1 Å². The molecule has 3 nitrogen and oxygen atoms in total. The first-order valence-corrected chi connectivity index (χ1v) is 7.96. The molecule has 1 heterocycles. The molecule has 0 radical (unpaired) electrons. The van der Waals surface area contributed by atoms with E-state index in [0.29, 0.717) is 10.9 Å². The molecule has 0 unspecified atom stereocenters. The van der Waals surface area contributed by atoms with Gasteiger partial charge in [-0.05, 0) is 34.7 Å². The fourth-order valence-electron chi connectivity index (χ4n) is 3.00. The quantitative estimate of drug-likeness (QED) is 0.688. The molecule has 0 bridgehead atoms. The van der Waals surface area contributed by atoms with Gasteiger partial charge in [-0.1, -0.05) is 55.8 Å². The smallest absolute Gasteiger partial charge is 0.307 e. The molecule has 1 aromatic heterocycles. The molecular weight excluding hydrogens is 310 g/mol. The SMILES string of the molecule is CC(C)c1cccc2c(CC(=O)O)c(-c3cccc(Cl)c3)[nH]c12. The Balaban J connectivity index is 2.31. The van der Waals surface area contributed by atoms with E-state index in [1.54, 1.807) is 0 Å². The number of fused-ring (bicyclic) bond motifs is 1. The van der Waals surface area contributed by atoms with Crippen LogP contribution in [0.4, 0.5) is 0 Å². The molecular formula is C19H18ClNO2. The number of hydrogen-bond donors (Lipinski definition) is 2. The van der Waals surface area contributed by atoms with Crippen molar-refractivity contribution in [3.05, 3.63) is 58.6 Å². The number of aliphatic carboxylic acids is 1. The van der Waals surface area contributed by atoms with Gasteiger partial charge in [0.2, 0.25) is 0 Å². The Morgan fingerprint density at radius 3 is 2.61 bits per heavy atom. The number of hydrogen-bond acceptors (Lipinski definition) is 1. The monoisotopic (exact) mass is 327 g/mol. The van der Waals surface area contributed by atoms with Gasteiger partial charge in [-0.3, -0.25) is 4.79 Å². The largest absolute Gasteiger partial charge is 0.481 e. The van der Waals surface area contributed by atoms with Gasteiger partial charge in [0.15, 0.2) is 0 Å². The maximum Gasteiger partial charge on any atom is 0.307 e. The van der Waals surface area contributed by atoms with Crippen molar-refractivity contribution in [2.75, 3.05) is 0 Å². The number of aromatic amines is 1. The van der Waals surface area contributed by atoms with Gasteiger partial charge in [-0.2, -0.15) is 0 Å². The summed E-state index contributed by atoms with van der Waals surface area (Å²) < 4.78 is 0. The molecule has 0 amide bonds. The lowest BCUT2D eigenvalue weighted by atomic mass is 9.98. The molecule has 2 N–H and O–H groups in total. The number of carbonyl (C=O) groups is 1. The molecule has 0 saturated heterocycles. The zero-order valence-corrected chi connectivity index (χ0v) is 13.8.